The molecule has 0 aliphatic carbocycles. The third-order valence-electron chi connectivity index (χ3n) is 2.87. The number of halogens is 1. The minimum absolute atomic E-state index is 0.297. The van der Waals surface area contributed by atoms with Crippen LogP contribution >= 0.6 is 23.4 Å². The van der Waals surface area contributed by atoms with Gasteiger partial charge in [-0.05, 0) is 42.5 Å². The monoisotopic (exact) mass is 307 g/mol. The number of aryl methyl sites for hydroxylation is 1. The zero-order chi connectivity index (χ0) is 14.7. The van der Waals surface area contributed by atoms with Crippen LogP contribution in [0, 0.1) is 6.92 Å². The van der Waals surface area contributed by atoms with E-state index < -0.39 is 5.97 Å². The van der Waals surface area contributed by atoms with Crippen molar-refractivity contribution in [3.63, 3.8) is 0 Å². The van der Waals surface area contributed by atoms with Crippen molar-refractivity contribution in [1.29, 1.82) is 0 Å². The van der Waals surface area contributed by atoms with Crippen LogP contribution in [-0.4, -0.2) is 24.3 Å². The molecule has 0 saturated carbocycles. The van der Waals surface area contributed by atoms with E-state index in [4.69, 9.17) is 16.3 Å². The van der Waals surface area contributed by atoms with Crippen LogP contribution < -0.4 is 0 Å². The van der Waals surface area contributed by atoms with Gasteiger partial charge in [-0.3, -0.25) is 0 Å². The van der Waals surface area contributed by atoms with Gasteiger partial charge in [0.1, 0.15) is 0 Å². The number of thioether (sulfide) groups is 1. The molecule has 0 amide bonds. The Labute approximate surface area is 127 Å². The number of rotatable bonds is 3. The van der Waals surface area contributed by atoms with E-state index in [9.17, 15) is 4.79 Å². The van der Waals surface area contributed by atoms with Crippen LogP contribution in [0.3, 0.4) is 0 Å². The van der Waals surface area contributed by atoms with Gasteiger partial charge in [-0.1, -0.05) is 17.7 Å². The molecule has 0 saturated heterocycles. The summed E-state index contributed by atoms with van der Waals surface area (Å²) in [7, 11) is 1.34. The molecule has 0 atom stereocenters. The van der Waals surface area contributed by atoms with Gasteiger partial charge in [0.25, 0.3) is 0 Å². The van der Waals surface area contributed by atoms with E-state index in [2.05, 4.69) is 4.98 Å². The maximum atomic E-state index is 11.8. The Kier molecular flexibility index (Phi) is 4.68. The molecule has 5 heteroatoms. The predicted octanol–water partition coefficient (Wildman–Crippen LogP) is 4.22. The lowest BCUT2D eigenvalue weighted by atomic mass is 10.0. The first-order chi connectivity index (χ1) is 9.56. The Morgan fingerprint density at radius 3 is 2.70 bits per heavy atom. The van der Waals surface area contributed by atoms with E-state index >= 15 is 0 Å². The summed E-state index contributed by atoms with van der Waals surface area (Å²) in [4.78, 5) is 17.0. The summed E-state index contributed by atoms with van der Waals surface area (Å²) in [5, 5.41) is 0.660. The van der Waals surface area contributed by atoms with Gasteiger partial charge in [-0.2, -0.15) is 0 Å². The van der Waals surface area contributed by atoms with Crippen molar-refractivity contribution in [2.24, 2.45) is 0 Å². The molecule has 1 aromatic carbocycles. The number of esters is 1. The van der Waals surface area contributed by atoms with Gasteiger partial charge < -0.3 is 4.74 Å². The first-order valence-corrected chi connectivity index (χ1v) is 7.56. The van der Waals surface area contributed by atoms with E-state index in [1.165, 1.54) is 7.11 Å². The minimum atomic E-state index is -0.454. The summed E-state index contributed by atoms with van der Waals surface area (Å²) in [6.07, 6.45) is 3.61. The quantitative estimate of drug-likeness (QED) is 0.629. The van der Waals surface area contributed by atoms with Gasteiger partial charge in [0.2, 0.25) is 0 Å². The maximum absolute atomic E-state index is 11.8. The van der Waals surface area contributed by atoms with E-state index in [1.54, 1.807) is 18.0 Å². The van der Waals surface area contributed by atoms with E-state index in [1.807, 2.05) is 37.4 Å². The minimum Gasteiger partial charge on any atom is -0.464 e. The molecule has 0 radical (unpaired) electrons. The molecule has 104 valence electrons. The number of nitrogens with zero attached hydrogens (tertiary/aromatic N) is 1. The number of carbonyl (C=O) groups is 1. The van der Waals surface area contributed by atoms with Crippen molar-refractivity contribution >= 4 is 29.3 Å². The van der Waals surface area contributed by atoms with Crippen LogP contribution in [0.5, 0.6) is 0 Å². The zero-order valence-electron chi connectivity index (χ0n) is 11.4. The van der Waals surface area contributed by atoms with E-state index in [0.29, 0.717) is 10.7 Å². The first kappa shape index (κ1) is 14.9. The Balaban J connectivity index is 2.59. The summed E-state index contributed by atoms with van der Waals surface area (Å²) < 4.78 is 4.77. The second-order valence-electron chi connectivity index (χ2n) is 4.25. The standard InChI is InChI=1S/C15H14ClNO2S/c1-9-6-11(14(17-8-9)15(18)19-2)10-4-5-13(20-3)12(16)7-10/h4-8H,1-3H3. The number of hydrogen-bond acceptors (Lipinski definition) is 4. The van der Waals surface area contributed by atoms with Gasteiger partial charge in [0.05, 0.1) is 12.1 Å². The molecule has 2 rings (SSSR count). The molecule has 0 N–H and O–H groups in total. The van der Waals surface area contributed by atoms with Gasteiger partial charge in [-0.25, -0.2) is 9.78 Å². The third-order valence-corrected chi connectivity index (χ3v) is 4.09. The average molecular weight is 308 g/mol. The van der Waals surface area contributed by atoms with Gasteiger partial charge in [-0.15, -0.1) is 11.8 Å². The van der Waals surface area contributed by atoms with Crippen LogP contribution in [-0.2, 0) is 4.74 Å². The Morgan fingerprint density at radius 2 is 2.10 bits per heavy atom. The normalized spacial score (nSPS) is 10.4. The molecule has 3 nitrogen and oxygen atoms in total. The van der Waals surface area contributed by atoms with Crippen LogP contribution in [0.1, 0.15) is 16.1 Å². The fourth-order valence-electron chi connectivity index (χ4n) is 1.88. The molecular formula is C15H14ClNO2S. The highest BCUT2D eigenvalue weighted by Crippen LogP contribution is 2.32. The highest BCUT2D eigenvalue weighted by molar-refractivity contribution is 7.98. The molecule has 0 bridgehead atoms. The number of methoxy groups -OCH3 is 1. The molecule has 0 unspecified atom stereocenters. The van der Waals surface area contributed by atoms with Crippen molar-refractivity contribution in [3.05, 3.63) is 46.7 Å². The largest absolute Gasteiger partial charge is 0.464 e. The second-order valence-corrected chi connectivity index (χ2v) is 5.51. The molecule has 1 heterocycles. The lowest BCUT2D eigenvalue weighted by molar-refractivity contribution is 0.0595. The van der Waals surface area contributed by atoms with Crippen molar-refractivity contribution in [3.8, 4) is 11.1 Å². The summed E-state index contributed by atoms with van der Waals surface area (Å²) in [6.45, 7) is 1.93. The first-order valence-electron chi connectivity index (χ1n) is 5.95. The number of benzene rings is 1. The highest BCUT2D eigenvalue weighted by atomic mass is 35.5. The molecule has 0 aliphatic heterocycles. The third kappa shape index (κ3) is 2.97. The van der Waals surface area contributed by atoms with Crippen LogP contribution in [0.2, 0.25) is 5.02 Å². The molecular weight excluding hydrogens is 294 g/mol. The van der Waals surface area contributed by atoms with E-state index in [-0.39, 0.29) is 0 Å². The van der Waals surface area contributed by atoms with Gasteiger partial charge in [0.15, 0.2) is 5.69 Å². The number of pyridine rings is 1. The summed E-state index contributed by atoms with van der Waals surface area (Å²) in [6, 6.07) is 7.62. The van der Waals surface area contributed by atoms with E-state index in [0.717, 1.165) is 21.6 Å². The number of carbonyl (C=O) groups excluding carboxylic acids is 1. The molecule has 0 fully saturated rings. The predicted molar refractivity (Wildman–Crippen MR) is 82.5 cm³/mol. The molecule has 20 heavy (non-hydrogen) atoms. The Morgan fingerprint density at radius 1 is 1.35 bits per heavy atom. The van der Waals surface area contributed by atoms with Crippen molar-refractivity contribution < 1.29 is 9.53 Å². The SMILES string of the molecule is COC(=O)c1ncc(C)cc1-c1ccc(SC)c(Cl)c1. The number of hydrogen-bond donors (Lipinski definition) is 0. The van der Waals surface area contributed by atoms with Gasteiger partial charge in [0, 0.05) is 16.7 Å². The molecule has 0 aliphatic rings. The number of ether oxygens (including phenoxy) is 1. The maximum Gasteiger partial charge on any atom is 0.357 e. The van der Waals surface area contributed by atoms with Crippen LogP contribution in [0.4, 0.5) is 0 Å². The Hall–Kier alpha value is -1.52. The molecule has 0 spiro atoms. The lowest BCUT2D eigenvalue weighted by Gasteiger charge is -2.10. The topological polar surface area (TPSA) is 39.2 Å². The lowest BCUT2D eigenvalue weighted by Crippen LogP contribution is -2.06. The highest BCUT2D eigenvalue weighted by Gasteiger charge is 2.16. The fraction of sp³-hybridized carbons (Fsp3) is 0.200. The molecule has 2 aromatic rings. The average Bonchev–Trinajstić information content (AvgIpc) is 2.46. The summed E-state index contributed by atoms with van der Waals surface area (Å²) in [5.41, 5.74) is 2.85. The van der Waals surface area contributed by atoms with Crippen molar-refractivity contribution in [2.75, 3.05) is 13.4 Å². The van der Waals surface area contributed by atoms with Crippen LogP contribution in [0.25, 0.3) is 11.1 Å². The second kappa shape index (κ2) is 6.29. The molecule has 1 aromatic heterocycles. The van der Waals surface area contributed by atoms with Gasteiger partial charge >= 0.3 is 5.97 Å². The Bertz CT molecular complexity index is 658. The smallest absolute Gasteiger partial charge is 0.357 e. The van der Waals surface area contributed by atoms with Crippen molar-refractivity contribution in [2.45, 2.75) is 11.8 Å². The zero-order valence-corrected chi connectivity index (χ0v) is 13.0. The summed E-state index contributed by atoms with van der Waals surface area (Å²) in [5.74, 6) is -0.454. The van der Waals surface area contributed by atoms with Crippen molar-refractivity contribution in [1.82, 2.24) is 4.98 Å². The fourth-order valence-corrected chi connectivity index (χ4v) is 2.75. The number of aromatic nitrogens is 1. The summed E-state index contributed by atoms with van der Waals surface area (Å²) >= 11 is 7.81. The van der Waals surface area contributed by atoms with Crippen LogP contribution in [0.15, 0.2) is 35.4 Å².